The zero-order valence-electron chi connectivity index (χ0n) is 16.9. The summed E-state index contributed by atoms with van der Waals surface area (Å²) in [6.45, 7) is 8.82. The molecule has 0 saturated heterocycles. The minimum absolute atomic E-state index is 0. The Morgan fingerprint density at radius 2 is 1.52 bits per heavy atom. The van der Waals surface area contributed by atoms with E-state index in [4.69, 9.17) is 14.0 Å². The van der Waals surface area contributed by atoms with Gasteiger partial charge >= 0.3 is 25.6 Å². The Balaban J connectivity index is 0.00000312. The third-order valence-corrected chi connectivity index (χ3v) is 10.8. The van der Waals surface area contributed by atoms with Crippen LogP contribution in [0.2, 0.25) is 18.1 Å². The van der Waals surface area contributed by atoms with E-state index in [1.807, 2.05) is 18.3 Å². The predicted octanol–water partition coefficient (Wildman–Crippen LogP) is 0.723. The van der Waals surface area contributed by atoms with Gasteiger partial charge in [0, 0.05) is 5.39 Å². The summed E-state index contributed by atoms with van der Waals surface area (Å²) in [6.07, 6.45) is 2.00. The molecule has 4 nitrogen and oxygen atoms in total. The molecule has 2 aromatic rings. The first kappa shape index (κ1) is 22.5. The van der Waals surface area contributed by atoms with Crippen molar-refractivity contribution in [1.29, 1.82) is 0 Å². The van der Waals surface area contributed by atoms with Crippen molar-refractivity contribution in [2.24, 2.45) is 0 Å². The van der Waals surface area contributed by atoms with Crippen LogP contribution in [0.1, 0.15) is 20.8 Å². The number of hydrogen-bond donors (Lipinski definition) is 0. The Kier molecular flexibility index (Phi) is 6.83. The van der Waals surface area contributed by atoms with Crippen LogP contribution in [-0.2, 0) is 14.0 Å². The Morgan fingerprint density at radius 3 is 1.96 bits per heavy atom. The maximum Gasteiger partial charge on any atom is 1.00 e. The second-order valence-electron chi connectivity index (χ2n) is 7.75. The maximum absolute atomic E-state index is 15.5. The molecule has 1 aromatic carbocycles. The predicted molar refractivity (Wildman–Crippen MR) is 101 cm³/mol. The molecule has 134 valence electrons. The molecule has 2 rings (SSSR count). The van der Waals surface area contributed by atoms with Crippen molar-refractivity contribution in [2.75, 3.05) is 21.3 Å². The maximum atomic E-state index is 15.5. The fourth-order valence-electron chi connectivity index (χ4n) is 2.97. The average Bonchev–Trinajstić information content (AvgIpc) is 2.95. The molecule has 0 bridgehead atoms. The summed E-state index contributed by atoms with van der Waals surface area (Å²) in [5.74, 6) is -0.340. The summed E-state index contributed by atoms with van der Waals surface area (Å²) in [5, 5.41) is 0.946. The molecule has 0 saturated carbocycles. The van der Waals surface area contributed by atoms with E-state index < -0.39 is 15.0 Å². The molecule has 25 heavy (non-hydrogen) atoms. The standard InChI is InChI=1S/C17H28BFNO3Si.Li/c1-17(2,3)24(7,8)20-12-11-13-9-10-14(15(19)16(13)20)18(21-4,22-5)23-6;/h9-12H,1-8H3;/q-1;+1. The molecule has 0 aliphatic rings. The molecule has 0 amide bonds. The normalized spacial score (nSPS) is 13.2. The van der Waals surface area contributed by atoms with E-state index in [2.05, 4.69) is 38.1 Å². The van der Waals surface area contributed by atoms with Crippen molar-refractivity contribution in [3.8, 4) is 0 Å². The minimum atomic E-state index is -2.31. The van der Waals surface area contributed by atoms with Crippen LogP contribution in [0.15, 0.2) is 24.4 Å². The van der Waals surface area contributed by atoms with Gasteiger partial charge < -0.3 is 18.2 Å². The first-order chi connectivity index (χ1) is 11.1. The zero-order valence-corrected chi connectivity index (χ0v) is 17.9. The molecule has 0 atom stereocenters. The van der Waals surface area contributed by atoms with Gasteiger partial charge in [0.25, 0.3) is 0 Å². The summed E-state index contributed by atoms with van der Waals surface area (Å²) < 4.78 is 33.8. The van der Waals surface area contributed by atoms with Crippen LogP contribution < -0.4 is 24.3 Å². The number of nitrogens with zero attached hydrogens (tertiary/aromatic N) is 1. The van der Waals surface area contributed by atoms with E-state index in [1.165, 1.54) is 21.3 Å². The number of aromatic nitrogens is 1. The number of hydrogen-bond acceptors (Lipinski definition) is 3. The van der Waals surface area contributed by atoms with E-state index in [9.17, 15) is 0 Å². The third kappa shape index (κ3) is 3.51. The van der Waals surface area contributed by atoms with Crippen molar-refractivity contribution in [3.63, 3.8) is 0 Å². The van der Waals surface area contributed by atoms with E-state index in [1.54, 1.807) is 6.07 Å². The van der Waals surface area contributed by atoms with Crippen LogP contribution in [0.25, 0.3) is 10.9 Å². The fourth-order valence-corrected chi connectivity index (χ4v) is 4.93. The molecular formula is C17H28BFLiNO3Si. The smallest absolute Gasteiger partial charge is 0.543 e. The summed E-state index contributed by atoms with van der Waals surface area (Å²) in [7, 11) is 2.41. The molecule has 0 N–H and O–H groups in total. The Labute approximate surface area is 163 Å². The monoisotopic (exact) mass is 359 g/mol. The van der Waals surface area contributed by atoms with Gasteiger partial charge in [0.05, 0.1) is 5.52 Å². The van der Waals surface area contributed by atoms with Gasteiger partial charge in [0.1, 0.15) is 5.82 Å². The second kappa shape index (κ2) is 7.59. The van der Waals surface area contributed by atoms with Crippen molar-refractivity contribution in [1.82, 2.24) is 4.23 Å². The Morgan fingerprint density at radius 1 is 1.00 bits per heavy atom. The molecule has 0 aliphatic heterocycles. The summed E-state index contributed by atoms with van der Waals surface area (Å²) >= 11 is 0. The molecular weight excluding hydrogens is 331 g/mol. The molecule has 1 heterocycles. The van der Waals surface area contributed by atoms with E-state index in [0.29, 0.717) is 11.0 Å². The minimum Gasteiger partial charge on any atom is -0.543 e. The van der Waals surface area contributed by atoms with Crippen LogP contribution in [0.5, 0.6) is 0 Å². The SMILES string of the molecule is CO[B-](OC)(OC)c1ccc2ccn([Si](C)(C)C(C)(C)C)c2c1F.[Li+]. The van der Waals surface area contributed by atoms with Gasteiger partial charge in [0.2, 0.25) is 0 Å². The van der Waals surface area contributed by atoms with E-state index in [-0.39, 0.29) is 29.7 Å². The largest absolute Gasteiger partial charge is 1.00 e. The molecule has 0 unspecified atom stereocenters. The van der Waals surface area contributed by atoms with Gasteiger partial charge in [-0.2, -0.15) is 0 Å². The van der Waals surface area contributed by atoms with Crippen LogP contribution in [-0.4, -0.2) is 40.6 Å². The molecule has 0 spiro atoms. The van der Waals surface area contributed by atoms with Crippen LogP contribution in [0, 0.1) is 5.82 Å². The zero-order chi connectivity index (χ0) is 18.3. The van der Waals surface area contributed by atoms with Gasteiger partial charge in [-0.1, -0.05) is 51.5 Å². The van der Waals surface area contributed by atoms with Gasteiger partial charge in [0.15, 0.2) is 8.24 Å². The topological polar surface area (TPSA) is 32.6 Å². The Hall–Kier alpha value is -0.551. The van der Waals surface area contributed by atoms with Crippen LogP contribution >= 0.6 is 0 Å². The summed E-state index contributed by atoms with van der Waals surface area (Å²) in [4.78, 5) is 0. The Bertz CT molecular complexity index is 733. The van der Waals surface area contributed by atoms with Gasteiger partial charge in [-0.15, -0.1) is 0 Å². The van der Waals surface area contributed by atoms with Crippen molar-refractivity contribution < 1.29 is 37.2 Å². The molecule has 0 radical (unpaired) electrons. The number of benzene rings is 1. The van der Waals surface area contributed by atoms with Crippen molar-refractivity contribution >= 4 is 31.4 Å². The van der Waals surface area contributed by atoms with Crippen molar-refractivity contribution in [2.45, 2.75) is 38.9 Å². The first-order valence-electron chi connectivity index (χ1n) is 8.15. The van der Waals surface area contributed by atoms with Gasteiger partial charge in [-0.25, -0.2) is 4.39 Å². The van der Waals surface area contributed by atoms with Gasteiger partial charge in [-0.05, 0) is 38.6 Å². The fraction of sp³-hybridized carbons (Fsp3) is 0.529. The number of halogens is 1. The molecule has 8 heteroatoms. The van der Waals surface area contributed by atoms with Crippen LogP contribution in [0.3, 0.4) is 0 Å². The van der Waals surface area contributed by atoms with Crippen molar-refractivity contribution in [3.05, 3.63) is 30.2 Å². The average molecular weight is 359 g/mol. The van der Waals surface area contributed by atoms with Gasteiger partial charge in [-0.3, -0.25) is 0 Å². The molecule has 0 aliphatic carbocycles. The quantitative estimate of drug-likeness (QED) is 0.738. The number of rotatable bonds is 5. The summed E-state index contributed by atoms with van der Waals surface area (Å²) in [5.41, 5.74) is 0.894. The first-order valence-corrected chi connectivity index (χ1v) is 11.1. The van der Waals surface area contributed by atoms with E-state index in [0.717, 1.165) is 5.39 Å². The summed E-state index contributed by atoms with van der Waals surface area (Å²) in [6, 6.07) is 5.54. The molecule has 0 fully saturated rings. The second-order valence-corrected chi connectivity index (χ2v) is 12.9. The molecule has 1 aromatic heterocycles. The van der Waals surface area contributed by atoms with Crippen LogP contribution in [0.4, 0.5) is 4.39 Å². The number of fused-ring (bicyclic) bond motifs is 1. The third-order valence-electron chi connectivity index (χ3n) is 5.57. The van der Waals surface area contributed by atoms with E-state index >= 15 is 4.39 Å².